The first-order valence-corrected chi connectivity index (χ1v) is 8.16. The van der Waals surface area contributed by atoms with Gasteiger partial charge in [0.15, 0.2) is 0 Å². The predicted octanol–water partition coefficient (Wildman–Crippen LogP) is 3.77. The second-order valence-electron chi connectivity index (χ2n) is 6.42. The zero-order valence-electron chi connectivity index (χ0n) is 13.0. The van der Waals surface area contributed by atoms with Crippen molar-refractivity contribution in [1.82, 2.24) is 5.32 Å². The smallest absolute Gasteiger partial charge is 0.0652 e. The fraction of sp³-hybridized carbons (Fsp3) is 0.667. The van der Waals surface area contributed by atoms with Crippen LogP contribution in [0.15, 0.2) is 24.3 Å². The summed E-state index contributed by atoms with van der Waals surface area (Å²) in [5.74, 6) is 0. The van der Waals surface area contributed by atoms with E-state index in [1.165, 1.54) is 49.7 Å². The first-order chi connectivity index (χ1) is 9.68. The number of benzene rings is 1. The zero-order chi connectivity index (χ0) is 14.4. The number of hydrogen-bond donors (Lipinski definition) is 2. The van der Waals surface area contributed by atoms with Crippen molar-refractivity contribution in [2.45, 2.75) is 70.4 Å². The van der Waals surface area contributed by atoms with Gasteiger partial charge in [0, 0.05) is 6.04 Å². The molecule has 20 heavy (non-hydrogen) atoms. The van der Waals surface area contributed by atoms with Crippen LogP contribution in [-0.4, -0.2) is 17.8 Å². The summed E-state index contributed by atoms with van der Waals surface area (Å²) in [7, 11) is 0. The van der Waals surface area contributed by atoms with Crippen molar-refractivity contribution in [3.05, 3.63) is 35.4 Å². The van der Waals surface area contributed by atoms with Crippen LogP contribution in [-0.2, 0) is 12.0 Å². The van der Waals surface area contributed by atoms with Crippen LogP contribution in [0.5, 0.6) is 0 Å². The van der Waals surface area contributed by atoms with Gasteiger partial charge >= 0.3 is 0 Å². The van der Waals surface area contributed by atoms with Crippen molar-refractivity contribution in [2.75, 3.05) is 6.61 Å². The summed E-state index contributed by atoms with van der Waals surface area (Å²) >= 11 is 0. The maximum absolute atomic E-state index is 9.88. The van der Waals surface area contributed by atoms with E-state index in [-0.39, 0.29) is 12.1 Å². The number of aliphatic hydroxyl groups excluding tert-OH is 1. The quantitative estimate of drug-likeness (QED) is 0.828. The molecule has 1 aromatic carbocycles. The Hall–Kier alpha value is -0.860. The summed E-state index contributed by atoms with van der Waals surface area (Å²) in [5, 5.41) is 13.6. The molecule has 0 bridgehead atoms. The van der Waals surface area contributed by atoms with Gasteiger partial charge in [-0.1, -0.05) is 56.9 Å². The molecule has 0 aliphatic heterocycles. The van der Waals surface area contributed by atoms with E-state index in [4.69, 9.17) is 0 Å². The van der Waals surface area contributed by atoms with E-state index in [1.807, 2.05) is 0 Å². The van der Waals surface area contributed by atoms with Crippen molar-refractivity contribution in [3.8, 4) is 0 Å². The lowest BCUT2D eigenvalue weighted by atomic mass is 9.87. The van der Waals surface area contributed by atoms with Crippen molar-refractivity contribution in [2.24, 2.45) is 0 Å². The second-order valence-corrected chi connectivity index (χ2v) is 6.42. The van der Waals surface area contributed by atoms with Crippen LogP contribution < -0.4 is 5.32 Å². The highest BCUT2D eigenvalue weighted by molar-refractivity contribution is 5.28. The molecule has 1 aliphatic carbocycles. The average Bonchev–Trinajstić information content (AvgIpc) is 2.49. The highest BCUT2D eigenvalue weighted by Crippen LogP contribution is 2.26. The van der Waals surface area contributed by atoms with E-state index < -0.39 is 0 Å². The van der Waals surface area contributed by atoms with E-state index in [1.54, 1.807) is 0 Å². The minimum absolute atomic E-state index is 0.149. The van der Waals surface area contributed by atoms with Gasteiger partial charge in [-0.2, -0.15) is 0 Å². The normalized spacial score (nSPS) is 19.8. The summed E-state index contributed by atoms with van der Waals surface area (Å²) < 4.78 is 0. The molecule has 1 fully saturated rings. The maximum Gasteiger partial charge on any atom is 0.0652 e. The van der Waals surface area contributed by atoms with Gasteiger partial charge < -0.3 is 10.4 Å². The molecule has 2 rings (SSSR count). The number of aliphatic hydroxyl groups is 1. The lowest BCUT2D eigenvalue weighted by molar-refractivity contribution is 0.150. The number of rotatable bonds is 6. The van der Waals surface area contributed by atoms with Gasteiger partial charge in [-0.3, -0.25) is 0 Å². The molecule has 0 spiro atoms. The number of aryl methyl sites for hydroxylation is 1. The SMILES string of the molecule is CCCc1ccc(C(C)(CO)NC2CCCCC2)cc1. The van der Waals surface area contributed by atoms with E-state index in [2.05, 4.69) is 43.4 Å². The van der Waals surface area contributed by atoms with Crippen LogP contribution in [0.25, 0.3) is 0 Å². The third kappa shape index (κ3) is 3.83. The van der Waals surface area contributed by atoms with Gasteiger partial charge in [-0.15, -0.1) is 0 Å². The van der Waals surface area contributed by atoms with Crippen LogP contribution >= 0.6 is 0 Å². The Labute approximate surface area is 123 Å². The van der Waals surface area contributed by atoms with Gasteiger partial charge in [0.2, 0.25) is 0 Å². The molecule has 1 aliphatic rings. The van der Waals surface area contributed by atoms with Gasteiger partial charge in [0.25, 0.3) is 0 Å². The molecule has 2 N–H and O–H groups in total. The van der Waals surface area contributed by atoms with Crippen LogP contribution in [0.3, 0.4) is 0 Å². The summed E-state index contributed by atoms with van der Waals surface area (Å²) in [4.78, 5) is 0. The van der Waals surface area contributed by atoms with Crippen LogP contribution in [0.4, 0.5) is 0 Å². The number of hydrogen-bond acceptors (Lipinski definition) is 2. The molecule has 1 aromatic rings. The largest absolute Gasteiger partial charge is 0.394 e. The monoisotopic (exact) mass is 275 g/mol. The lowest BCUT2D eigenvalue weighted by Crippen LogP contribution is -2.49. The van der Waals surface area contributed by atoms with Crippen LogP contribution in [0, 0.1) is 0 Å². The molecule has 0 heterocycles. The van der Waals surface area contributed by atoms with Crippen molar-refractivity contribution in [1.29, 1.82) is 0 Å². The van der Waals surface area contributed by atoms with Gasteiger partial charge in [0.05, 0.1) is 12.1 Å². The zero-order valence-corrected chi connectivity index (χ0v) is 13.0. The van der Waals surface area contributed by atoms with Gasteiger partial charge in [0.1, 0.15) is 0 Å². The standard InChI is InChI=1S/C18H29NO/c1-3-7-15-10-12-16(13-11-15)18(2,14-20)19-17-8-5-4-6-9-17/h10-13,17,19-20H,3-9,14H2,1-2H3. The summed E-state index contributed by atoms with van der Waals surface area (Å²) in [6, 6.07) is 9.31. The van der Waals surface area contributed by atoms with Crippen LogP contribution in [0.1, 0.15) is 63.5 Å². The Morgan fingerprint density at radius 1 is 1.15 bits per heavy atom. The minimum atomic E-state index is -0.313. The Kier molecular flexibility index (Phi) is 5.62. The second kappa shape index (κ2) is 7.24. The van der Waals surface area contributed by atoms with Crippen molar-refractivity contribution in [3.63, 3.8) is 0 Å². The minimum Gasteiger partial charge on any atom is -0.394 e. The molecule has 1 atom stereocenters. The molecule has 2 nitrogen and oxygen atoms in total. The molecule has 1 unspecified atom stereocenters. The summed E-state index contributed by atoms with van der Waals surface area (Å²) in [5.41, 5.74) is 2.27. The summed E-state index contributed by atoms with van der Waals surface area (Å²) in [6.45, 7) is 4.48. The molecule has 2 heteroatoms. The molecular weight excluding hydrogens is 246 g/mol. The van der Waals surface area contributed by atoms with E-state index >= 15 is 0 Å². The molecule has 1 saturated carbocycles. The molecule has 112 valence electrons. The van der Waals surface area contributed by atoms with Crippen LogP contribution in [0.2, 0.25) is 0 Å². The molecule has 0 amide bonds. The lowest BCUT2D eigenvalue weighted by Gasteiger charge is -2.36. The molecule has 0 radical (unpaired) electrons. The van der Waals surface area contributed by atoms with Crippen molar-refractivity contribution < 1.29 is 5.11 Å². The maximum atomic E-state index is 9.88. The highest BCUT2D eigenvalue weighted by Gasteiger charge is 2.29. The first kappa shape index (κ1) is 15.5. The Morgan fingerprint density at radius 2 is 1.80 bits per heavy atom. The fourth-order valence-corrected chi connectivity index (χ4v) is 3.25. The highest BCUT2D eigenvalue weighted by atomic mass is 16.3. The summed E-state index contributed by atoms with van der Waals surface area (Å²) in [6.07, 6.45) is 8.78. The Balaban J connectivity index is 2.07. The number of nitrogens with one attached hydrogen (secondary N) is 1. The van der Waals surface area contributed by atoms with E-state index in [0.717, 1.165) is 6.42 Å². The third-order valence-corrected chi connectivity index (χ3v) is 4.57. The third-order valence-electron chi connectivity index (χ3n) is 4.57. The Morgan fingerprint density at radius 3 is 2.35 bits per heavy atom. The average molecular weight is 275 g/mol. The fourth-order valence-electron chi connectivity index (χ4n) is 3.25. The molecule has 0 aromatic heterocycles. The van der Waals surface area contributed by atoms with E-state index in [0.29, 0.717) is 6.04 Å². The first-order valence-electron chi connectivity index (χ1n) is 8.16. The topological polar surface area (TPSA) is 32.3 Å². The predicted molar refractivity (Wildman–Crippen MR) is 84.9 cm³/mol. The molecular formula is C18H29NO. The Bertz CT molecular complexity index is 394. The van der Waals surface area contributed by atoms with Crippen molar-refractivity contribution >= 4 is 0 Å². The van der Waals surface area contributed by atoms with Gasteiger partial charge in [-0.05, 0) is 37.3 Å². The molecule has 0 saturated heterocycles. The van der Waals surface area contributed by atoms with Gasteiger partial charge in [-0.25, -0.2) is 0 Å². The van der Waals surface area contributed by atoms with E-state index in [9.17, 15) is 5.11 Å².